The zero-order valence-electron chi connectivity index (χ0n) is 9.89. The second-order valence-electron chi connectivity index (χ2n) is 4.11. The van der Waals surface area contributed by atoms with Gasteiger partial charge in [0, 0.05) is 10.6 Å². The molecule has 0 spiro atoms. The first kappa shape index (κ1) is 11.8. The van der Waals surface area contributed by atoms with Gasteiger partial charge in [0.15, 0.2) is 0 Å². The minimum absolute atomic E-state index is 0.231. The number of halogens is 1. The molecule has 4 heteroatoms. The van der Waals surface area contributed by atoms with Crippen LogP contribution in [0, 0.1) is 0 Å². The van der Waals surface area contributed by atoms with Crippen LogP contribution in [0.3, 0.4) is 0 Å². The third kappa shape index (κ3) is 2.33. The van der Waals surface area contributed by atoms with Crippen molar-refractivity contribution in [3.8, 4) is 5.75 Å². The quantitative estimate of drug-likeness (QED) is 0.863. The number of nitrogens with one attached hydrogen (secondary N) is 1. The van der Waals surface area contributed by atoms with Gasteiger partial charge in [0.1, 0.15) is 12.0 Å². The van der Waals surface area contributed by atoms with Crippen molar-refractivity contribution in [3.05, 3.63) is 70.9 Å². The summed E-state index contributed by atoms with van der Waals surface area (Å²) in [6.45, 7) is 0. The summed E-state index contributed by atoms with van der Waals surface area (Å²) in [4.78, 5) is 12.2. The fourth-order valence-electron chi connectivity index (χ4n) is 1.88. The van der Waals surface area contributed by atoms with E-state index in [0.717, 1.165) is 5.56 Å². The Kier molecular flexibility index (Phi) is 2.97. The lowest BCUT2D eigenvalue weighted by Crippen LogP contribution is -2.20. The van der Waals surface area contributed by atoms with Crippen LogP contribution in [0.25, 0.3) is 5.70 Å². The molecule has 0 atom stereocenters. The van der Waals surface area contributed by atoms with E-state index in [1.165, 1.54) is 6.26 Å². The van der Waals surface area contributed by atoms with E-state index >= 15 is 0 Å². The van der Waals surface area contributed by atoms with Gasteiger partial charge in [0.25, 0.3) is 5.91 Å². The predicted octanol–water partition coefficient (Wildman–Crippen LogP) is 3.46. The van der Waals surface area contributed by atoms with Gasteiger partial charge in [0.05, 0.1) is 11.3 Å². The number of carbonyl (C=O) groups is 1. The fraction of sp³-hybridized carbons (Fsp3) is 0. The molecule has 0 unspecified atom stereocenters. The largest absolute Gasteiger partial charge is 0.462 e. The highest BCUT2D eigenvalue weighted by Gasteiger charge is 2.18. The van der Waals surface area contributed by atoms with E-state index in [9.17, 15) is 4.79 Å². The van der Waals surface area contributed by atoms with Gasteiger partial charge in [0.2, 0.25) is 0 Å². The van der Waals surface area contributed by atoms with Crippen molar-refractivity contribution in [2.24, 2.45) is 0 Å². The van der Waals surface area contributed by atoms with E-state index in [0.29, 0.717) is 22.0 Å². The highest BCUT2D eigenvalue weighted by atomic mass is 35.5. The third-order valence-corrected chi connectivity index (χ3v) is 3.06. The van der Waals surface area contributed by atoms with Crippen molar-refractivity contribution in [2.45, 2.75) is 0 Å². The summed E-state index contributed by atoms with van der Waals surface area (Å²) in [6.07, 6.45) is 1.53. The molecule has 94 valence electrons. The molecule has 2 aromatic rings. The Bertz CT molecular complexity index is 665. The van der Waals surface area contributed by atoms with Crippen molar-refractivity contribution < 1.29 is 9.53 Å². The van der Waals surface area contributed by atoms with Crippen LogP contribution in [0.2, 0.25) is 5.02 Å². The maximum absolute atomic E-state index is 12.2. The molecule has 1 aliphatic rings. The molecule has 0 fully saturated rings. The second-order valence-corrected chi connectivity index (χ2v) is 4.55. The second kappa shape index (κ2) is 4.78. The zero-order valence-corrected chi connectivity index (χ0v) is 10.6. The van der Waals surface area contributed by atoms with Crippen molar-refractivity contribution >= 4 is 23.2 Å². The van der Waals surface area contributed by atoms with Gasteiger partial charge in [-0.1, -0.05) is 41.9 Å². The van der Waals surface area contributed by atoms with Gasteiger partial charge in [-0.25, -0.2) is 0 Å². The average molecular weight is 272 g/mol. The van der Waals surface area contributed by atoms with E-state index < -0.39 is 0 Å². The Morgan fingerprint density at radius 3 is 2.63 bits per heavy atom. The van der Waals surface area contributed by atoms with Crippen LogP contribution in [0.5, 0.6) is 5.75 Å². The van der Waals surface area contributed by atoms with Gasteiger partial charge >= 0.3 is 0 Å². The summed E-state index contributed by atoms with van der Waals surface area (Å²) < 4.78 is 5.54. The Morgan fingerprint density at radius 1 is 1.05 bits per heavy atom. The van der Waals surface area contributed by atoms with Crippen LogP contribution in [0.4, 0.5) is 0 Å². The first-order chi connectivity index (χ1) is 9.24. The molecule has 3 rings (SSSR count). The van der Waals surface area contributed by atoms with E-state index in [1.54, 1.807) is 18.2 Å². The van der Waals surface area contributed by atoms with Crippen molar-refractivity contribution in [1.29, 1.82) is 0 Å². The van der Waals surface area contributed by atoms with Crippen LogP contribution in [-0.2, 0) is 0 Å². The lowest BCUT2D eigenvalue weighted by Gasteiger charge is -2.06. The van der Waals surface area contributed by atoms with Crippen molar-refractivity contribution in [2.75, 3.05) is 0 Å². The molecule has 1 aliphatic heterocycles. The number of amides is 1. The number of hydrogen-bond donors (Lipinski definition) is 1. The van der Waals surface area contributed by atoms with Crippen LogP contribution in [-0.4, -0.2) is 5.91 Å². The van der Waals surface area contributed by atoms with E-state index in [4.69, 9.17) is 16.3 Å². The standard InChI is InChI=1S/C15H10ClNO2/c16-11-6-7-14-12(8-11)15(18)17-13(9-19-14)10-4-2-1-3-5-10/h1-9H,(H,17,18). The molecule has 2 aromatic carbocycles. The Balaban J connectivity index is 2.00. The molecule has 3 nitrogen and oxygen atoms in total. The number of carbonyl (C=O) groups excluding carboxylic acids is 1. The highest BCUT2D eigenvalue weighted by molar-refractivity contribution is 6.31. The molecule has 1 amide bonds. The molecular weight excluding hydrogens is 262 g/mol. The summed E-state index contributed by atoms with van der Waals surface area (Å²) >= 11 is 5.90. The summed E-state index contributed by atoms with van der Waals surface area (Å²) in [6, 6.07) is 14.5. The van der Waals surface area contributed by atoms with Crippen LogP contribution >= 0.6 is 11.6 Å². The minimum Gasteiger partial charge on any atom is -0.462 e. The molecular formula is C15H10ClNO2. The highest BCUT2D eigenvalue weighted by Crippen LogP contribution is 2.27. The lowest BCUT2D eigenvalue weighted by molar-refractivity contribution is 0.0973. The van der Waals surface area contributed by atoms with E-state index in [-0.39, 0.29) is 5.91 Å². The normalized spacial score (nSPS) is 13.7. The summed E-state index contributed by atoms with van der Waals surface area (Å²) in [7, 11) is 0. The van der Waals surface area contributed by atoms with Gasteiger partial charge in [-0.15, -0.1) is 0 Å². The first-order valence-corrected chi connectivity index (χ1v) is 6.15. The van der Waals surface area contributed by atoms with Crippen molar-refractivity contribution in [3.63, 3.8) is 0 Å². The zero-order chi connectivity index (χ0) is 13.2. The number of ether oxygens (including phenoxy) is 1. The molecule has 0 aromatic heterocycles. The Morgan fingerprint density at radius 2 is 1.84 bits per heavy atom. The average Bonchev–Trinajstić information content (AvgIpc) is 2.60. The van der Waals surface area contributed by atoms with Gasteiger partial charge in [-0.05, 0) is 18.2 Å². The molecule has 0 saturated heterocycles. The fourth-order valence-corrected chi connectivity index (χ4v) is 2.05. The topological polar surface area (TPSA) is 38.3 Å². The molecule has 0 bridgehead atoms. The number of hydrogen-bond acceptors (Lipinski definition) is 2. The smallest absolute Gasteiger partial charge is 0.259 e. The molecule has 1 N–H and O–H groups in total. The predicted molar refractivity (Wildman–Crippen MR) is 74.0 cm³/mol. The van der Waals surface area contributed by atoms with Crippen LogP contribution in [0.15, 0.2) is 54.8 Å². The molecule has 0 radical (unpaired) electrons. The molecule has 0 aliphatic carbocycles. The van der Waals surface area contributed by atoms with Crippen LogP contribution in [0.1, 0.15) is 15.9 Å². The first-order valence-electron chi connectivity index (χ1n) is 5.77. The summed E-state index contributed by atoms with van der Waals surface area (Å²) in [5, 5.41) is 3.32. The number of benzene rings is 2. The monoisotopic (exact) mass is 271 g/mol. The van der Waals surface area contributed by atoms with Gasteiger partial charge in [-0.3, -0.25) is 4.79 Å². The third-order valence-electron chi connectivity index (χ3n) is 2.82. The van der Waals surface area contributed by atoms with E-state index in [2.05, 4.69) is 5.32 Å². The maximum Gasteiger partial charge on any atom is 0.259 e. The SMILES string of the molecule is O=C1NC(c2ccccc2)=COc2ccc(Cl)cc21. The molecule has 19 heavy (non-hydrogen) atoms. The minimum atomic E-state index is -0.231. The number of rotatable bonds is 1. The van der Waals surface area contributed by atoms with Gasteiger partial charge < -0.3 is 10.1 Å². The Hall–Kier alpha value is -2.26. The van der Waals surface area contributed by atoms with Crippen LogP contribution < -0.4 is 10.1 Å². The van der Waals surface area contributed by atoms with Gasteiger partial charge in [-0.2, -0.15) is 0 Å². The number of fused-ring (bicyclic) bond motifs is 1. The summed E-state index contributed by atoms with van der Waals surface area (Å²) in [5.74, 6) is 0.262. The van der Waals surface area contributed by atoms with E-state index in [1.807, 2.05) is 30.3 Å². The maximum atomic E-state index is 12.2. The molecule has 0 saturated carbocycles. The lowest BCUT2D eigenvalue weighted by atomic mass is 10.1. The summed E-state index contributed by atoms with van der Waals surface area (Å²) in [5.41, 5.74) is 1.93. The van der Waals surface area contributed by atoms with Crippen molar-refractivity contribution in [1.82, 2.24) is 5.32 Å². The molecule has 1 heterocycles. The Labute approximate surface area is 115 Å².